The molecule has 2 aromatic rings. The first-order chi connectivity index (χ1) is 11.8. The van der Waals surface area contributed by atoms with Gasteiger partial charge in [-0.1, -0.05) is 37.7 Å². The van der Waals surface area contributed by atoms with E-state index in [2.05, 4.69) is 15.5 Å². The van der Waals surface area contributed by atoms with E-state index in [9.17, 15) is 14.9 Å². The lowest BCUT2D eigenvalue weighted by Crippen LogP contribution is -2.16. The predicted octanol–water partition coefficient (Wildman–Crippen LogP) is 3.62. The summed E-state index contributed by atoms with van der Waals surface area (Å²) in [5, 5.41) is 22.6. The summed E-state index contributed by atoms with van der Waals surface area (Å²) in [4.78, 5) is 22.6. The molecule has 0 saturated heterocycles. The lowest BCUT2D eigenvalue weighted by Gasteiger charge is -2.15. The molecule has 1 N–H and O–H groups in total. The van der Waals surface area contributed by atoms with E-state index in [4.69, 9.17) is 0 Å². The van der Waals surface area contributed by atoms with Crippen molar-refractivity contribution in [2.24, 2.45) is 0 Å². The summed E-state index contributed by atoms with van der Waals surface area (Å²) in [6.07, 6.45) is 0. The Morgan fingerprint density at radius 3 is 2.56 bits per heavy atom. The van der Waals surface area contributed by atoms with Crippen molar-refractivity contribution in [2.75, 3.05) is 11.1 Å². The van der Waals surface area contributed by atoms with Gasteiger partial charge >= 0.3 is 0 Å². The summed E-state index contributed by atoms with van der Waals surface area (Å²) in [6, 6.07) is 6.23. The Bertz CT molecular complexity index is 773. The number of nitro benzene ring substituents is 1. The lowest BCUT2D eigenvalue weighted by molar-refractivity contribution is -0.383. The van der Waals surface area contributed by atoms with Crippen molar-refractivity contribution in [1.29, 1.82) is 0 Å². The number of thioether (sulfide) groups is 1. The van der Waals surface area contributed by atoms with E-state index in [1.165, 1.54) is 23.9 Å². The van der Waals surface area contributed by atoms with Crippen molar-refractivity contribution in [3.8, 4) is 0 Å². The summed E-state index contributed by atoms with van der Waals surface area (Å²) in [5.74, 6) is 0.861. The molecule has 1 aromatic heterocycles. The van der Waals surface area contributed by atoms with Crippen LogP contribution in [-0.2, 0) is 4.79 Å². The quantitative estimate of drug-likeness (QED) is 0.458. The van der Waals surface area contributed by atoms with Crippen molar-refractivity contribution in [3.05, 3.63) is 40.2 Å². The van der Waals surface area contributed by atoms with Gasteiger partial charge in [0, 0.05) is 18.0 Å². The maximum atomic E-state index is 12.2. The fourth-order valence-electron chi connectivity index (χ4n) is 2.32. The summed E-state index contributed by atoms with van der Waals surface area (Å²) in [7, 11) is 0. The van der Waals surface area contributed by atoms with Crippen molar-refractivity contribution in [2.45, 2.75) is 44.8 Å². The molecular weight excluding hydrogens is 342 g/mol. The van der Waals surface area contributed by atoms with E-state index in [-0.39, 0.29) is 35.0 Å². The minimum Gasteiger partial charge on any atom is -0.320 e. The number of amides is 1. The van der Waals surface area contributed by atoms with Crippen LogP contribution in [0.15, 0.2) is 29.4 Å². The summed E-state index contributed by atoms with van der Waals surface area (Å²) >= 11 is 1.26. The van der Waals surface area contributed by atoms with Gasteiger partial charge in [-0.25, -0.2) is 0 Å². The maximum absolute atomic E-state index is 12.2. The van der Waals surface area contributed by atoms with Crippen LogP contribution in [0.1, 0.15) is 45.5 Å². The zero-order chi connectivity index (χ0) is 18.6. The van der Waals surface area contributed by atoms with Crippen LogP contribution < -0.4 is 5.32 Å². The molecule has 1 amide bonds. The Balaban J connectivity index is 2.08. The standard InChI is InChI=1S/C16H21N5O3S/c1-10(2)15-18-19-16(20(15)11(3)4)25-9-14(22)17-12-7-5-6-8-13(12)21(23)24/h5-8,10-11H,9H2,1-4H3,(H,17,22). The predicted molar refractivity (Wildman–Crippen MR) is 96.9 cm³/mol. The van der Waals surface area contributed by atoms with Crippen LogP contribution >= 0.6 is 11.8 Å². The summed E-state index contributed by atoms with van der Waals surface area (Å²) < 4.78 is 2.01. The minimum absolute atomic E-state index is 0.0923. The van der Waals surface area contributed by atoms with Gasteiger partial charge in [-0.3, -0.25) is 14.9 Å². The second kappa shape index (κ2) is 8.11. The number of aromatic nitrogens is 3. The fraction of sp³-hybridized carbons (Fsp3) is 0.438. The van der Waals surface area contributed by atoms with Crippen LogP contribution in [0, 0.1) is 10.1 Å². The molecule has 0 atom stereocenters. The highest BCUT2D eigenvalue weighted by Gasteiger charge is 2.19. The number of nitro groups is 1. The molecule has 0 aliphatic rings. The van der Waals surface area contributed by atoms with Crippen molar-refractivity contribution in [1.82, 2.24) is 14.8 Å². The third-order valence-corrected chi connectivity index (χ3v) is 4.37. The monoisotopic (exact) mass is 363 g/mol. The molecule has 9 heteroatoms. The summed E-state index contributed by atoms with van der Waals surface area (Å²) in [6.45, 7) is 8.15. The SMILES string of the molecule is CC(C)c1nnc(SCC(=O)Nc2ccccc2[N+](=O)[O-])n1C(C)C. The van der Waals surface area contributed by atoms with Crippen LogP contribution in [-0.4, -0.2) is 31.3 Å². The topological polar surface area (TPSA) is 103 Å². The highest BCUT2D eigenvalue weighted by atomic mass is 32.2. The molecule has 0 spiro atoms. The highest BCUT2D eigenvalue weighted by molar-refractivity contribution is 7.99. The second-order valence-electron chi connectivity index (χ2n) is 6.07. The molecule has 0 aliphatic carbocycles. The van der Waals surface area contributed by atoms with Crippen molar-refractivity contribution < 1.29 is 9.72 Å². The zero-order valence-electron chi connectivity index (χ0n) is 14.6. The molecule has 1 heterocycles. The van der Waals surface area contributed by atoms with Crippen LogP contribution in [0.5, 0.6) is 0 Å². The number of carbonyl (C=O) groups is 1. The molecule has 2 rings (SSSR count). The molecule has 134 valence electrons. The number of hydrogen-bond donors (Lipinski definition) is 1. The molecule has 8 nitrogen and oxygen atoms in total. The lowest BCUT2D eigenvalue weighted by atomic mass is 10.2. The largest absolute Gasteiger partial charge is 0.320 e. The Hall–Kier alpha value is -2.42. The molecule has 1 aromatic carbocycles. The van der Waals surface area contributed by atoms with Crippen LogP contribution in [0.3, 0.4) is 0 Å². The first-order valence-corrected chi connectivity index (χ1v) is 8.90. The van der Waals surface area contributed by atoms with Gasteiger partial charge in [0.15, 0.2) is 5.16 Å². The molecule has 25 heavy (non-hydrogen) atoms. The van der Waals surface area contributed by atoms with Gasteiger partial charge in [0.05, 0.1) is 10.7 Å². The van der Waals surface area contributed by atoms with Gasteiger partial charge in [0.1, 0.15) is 11.5 Å². The molecule has 0 saturated carbocycles. The van der Waals surface area contributed by atoms with Gasteiger partial charge in [0.2, 0.25) is 5.91 Å². The highest BCUT2D eigenvalue weighted by Crippen LogP contribution is 2.26. The minimum atomic E-state index is -0.521. The Morgan fingerprint density at radius 2 is 1.96 bits per heavy atom. The molecule has 0 bridgehead atoms. The fourth-order valence-corrected chi connectivity index (χ4v) is 3.20. The van der Waals surface area contributed by atoms with E-state index in [1.807, 2.05) is 32.3 Å². The van der Waals surface area contributed by atoms with Crippen LogP contribution in [0.25, 0.3) is 0 Å². The van der Waals surface area contributed by atoms with Crippen molar-refractivity contribution in [3.63, 3.8) is 0 Å². The third kappa shape index (κ3) is 4.56. The van der Waals surface area contributed by atoms with E-state index in [0.717, 1.165) is 5.82 Å². The van der Waals surface area contributed by atoms with E-state index < -0.39 is 4.92 Å². The number of rotatable bonds is 7. The first-order valence-electron chi connectivity index (χ1n) is 7.92. The second-order valence-corrected chi connectivity index (χ2v) is 7.01. The molecule has 0 radical (unpaired) electrons. The summed E-state index contributed by atoms with van der Waals surface area (Å²) in [5.41, 5.74) is 0.0552. The van der Waals surface area contributed by atoms with Gasteiger partial charge in [-0.15, -0.1) is 10.2 Å². The number of nitrogens with one attached hydrogen (secondary N) is 1. The zero-order valence-corrected chi connectivity index (χ0v) is 15.4. The smallest absolute Gasteiger partial charge is 0.292 e. The Labute approximate surface area is 150 Å². The number of benzene rings is 1. The number of carbonyl (C=O) groups excluding carboxylic acids is 1. The number of anilines is 1. The number of hydrogen-bond acceptors (Lipinski definition) is 6. The average Bonchev–Trinajstić information content (AvgIpc) is 2.97. The van der Waals surface area contributed by atoms with Gasteiger partial charge in [-0.2, -0.15) is 0 Å². The first kappa shape index (κ1) is 18.9. The van der Waals surface area contributed by atoms with E-state index in [0.29, 0.717) is 5.16 Å². The van der Waals surface area contributed by atoms with Crippen LogP contribution in [0.2, 0.25) is 0 Å². The number of nitrogens with zero attached hydrogens (tertiary/aromatic N) is 4. The van der Waals surface area contributed by atoms with Gasteiger partial charge in [-0.05, 0) is 19.9 Å². The average molecular weight is 363 g/mol. The Kier molecular flexibility index (Phi) is 6.13. The molecule has 0 unspecified atom stereocenters. The van der Waals surface area contributed by atoms with E-state index >= 15 is 0 Å². The van der Waals surface area contributed by atoms with Gasteiger partial charge < -0.3 is 9.88 Å². The van der Waals surface area contributed by atoms with Gasteiger partial charge in [0.25, 0.3) is 5.69 Å². The maximum Gasteiger partial charge on any atom is 0.292 e. The number of para-hydroxylation sites is 2. The van der Waals surface area contributed by atoms with Crippen molar-refractivity contribution >= 4 is 29.0 Å². The molecule has 0 aliphatic heterocycles. The Morgan fingerprint density at radius 1 is 1.28 bits per heavy atom. The normalized spacial score (nSPS) is 11.1. The molecular formula is C16H21N5O3S. The van der Waals surface area contributed by atoms with E-state index in [1.54, 1.807) is 12.1 Å². The molecule has 0 fully saturated rings. The third-order valence-electron chi connectivity index (χ3n) is 3.43. The van der Waals surface area contributed by atoms with Crippen LogP contribution in [0.4, 0.5) is 11.4 Å².